The van der Waals surface area contributed by atoms with Gasteiger partial charge in [-0.25, -0.2) is 4.98 Å². The summed E-state index contributed by atoms with van der Waals surface area (Å²) in [5, 5.41) is 4.21. The molecule has 0 radical (unpaired) electrons. The molecule has 6 nitrogen and oxygen atoms in total. The fourth-order valence-corrected chi connectivity index (χ4v) is 3.15. The van der Waals surface area contributed by atoms with Gasteiger partial charge in [-0.05, 0) is 24.6 Å². The van der Waals surface area contributed by atoms with Crippen LogP contribution < -0.4 is 0 Å². The van der Waals surface area contributed by atoms with Crippen LogP contribution in [0.4, 0.5) is 0 Å². The summed E-state index contributed by atoms with van der Waals surface area (Å²) in [4.78, 5) is 22.5. The predicted molar refractivity (Wildman–Crippen MR) is 87.0 cm³/mol. The first-order chi connectivity index (χ1) is 11.3. The van der Waals surface area contributed by atoms with Crippen molar-refractivity contribution >= 4 is 16.9 Å². The minimum Gasteiger partial charge on any atom is -0.342 e. The Morgan fingerprint density at radius 3 is 2.87 bits per heavy atom. The summed E-state index contributed by atoms with van der Waals surface area (Å²) < 4.78 is 1.75. The van der Waals surface area contributed by atoms with E-state index in [9.17, 15) is 4.79 Å². The van der Waals surface area contributed by atoms with Gasteiger partial charge in [-0.2, -0.15) is 5.10 Å². The lowest BCUT2D eigenvalue weighted by Crippen LogP contribution is -2.51. The van der Waals surface area contributed by atoms with Gasteiger partial charge in [0.25, 0.3) is 0 Å². The van der Waals surface area contributed by atoms with Gasteiger partial charge in [-0.1, -0.05) is 19.1 Å². The Bertz CT molecular complexity index is 784. The zero-order valence-corrected chi connectivity index (χ0v) is 13.0. The second-order valence-corrected chi connectivity index (χ2v) is 5.99. The van der Waals surface area contributed by atoms with E-state index in [1.165, 1.54) is 0 Å². The molecule has 3 heterocycles. The Labute approximate surface area is 134 Å². The van der Waals surface area contributed by atoms with Gasteiger partial charge in [0.05, 0.1) is 17.0 Å². The summed E-state index contributed by atoms with van der Waals surface area (Å²) in [7, 11) is 0. The molecule has 0 spiro atoms. The number of aromatic amines is 1. The number of nitrogens with zero attached hydrogens (tertiary/aromatic N) is 4. The number of para-hydroxylation sites is 2. The maximum Gasteiger partial charge on any atom is 0.247 e. The van der Waals surface area contributed by atoms with Crippen LogP contribution in [0.2, 0.25) is 0 Å². The van der Waals surface area contributed by atoms with Crippen molar-refractivity contribution in [3.63, 3.8) is 0 Å². The second-order valence-electron chi connectivity index (χ2n) is 5.99. The monoisotopic (exact) mass is 309 g/mol. The van der Waals surface area contributed by atoms with Gasteiger partial charge >= 0.3 is 0 Å². The number of nitrogens with one attached hydrogen (secondary N) is 1. The van der Waals surface area contributed by atoms with Gasteiger partial charge in [-0.15, -0.1) is 0 Å². The van der Waals surface area contributed by atoms with Crippen LogP contribution in [0.3, 0.4) is 0 Å². The Morgan fingerprint density at radius 2 is 2.17 bits per heavy atom. The predicted octanol–water partition coefficient (Wildman–Crippen LogP) is 2.34. The van der Waals surface area contributed by atoms with Crippen LogP contribution in [0.15, 0.2) is 42.7 Å². The normalized spacial score (nSPS) is 16.5. The molecular weight excluding hydrogens is 290 g/mol. The van der Waals surface area contributed by atoms with E-state index in [1.807, 2.05) is 48.4 Å². The number of carbonyl (C=O) groups is 1. The molecule has 1 fully saturated rings. The van der Waals surface area contributed by atoms with Crippen molar-refractivity contribution in [2.75, 3.05) is 13.1 Å². The summed E-state index contributed by atoms with van der Waals surface area (Å²) in [5.41, 5.74) is 2.03. The van der Waals surface area contributed by atoms with Gasteiger partial charge in [0.2, 0.25) is 5.91 Å². The summed E-state index contributed by atoms with van der Waals surface area (Å²) in [5.74, 6) is 1.41. The van der Waals surface area contributed by atoms with E-state index < -0.39 is 0 Å². The molecule has 0 aliphatic carbocycles. The number of amides is 1. The summed E-state index contributed by atoms with van der Waals surface area (Å²) in [6.45, 7) is 3.45. The van der Waals surface area contributed by atoms with Crippen LogP contribution in [0.5, 0.6) is 0 Å². The number of benzene rings is 1. The Morgan fingerprint density at radius 1 is 1.35 bits per heavy atom. The number of imidazole rings is 1. The van der Waals surface area contributed by atoms with Crippen LogP contribution in [-0.2, 0) is 4.79 Å². The smallest absolute Gasteiger partial charge is 0.247 e. The molecule has 23 heavy (non-hydrogen) atoms. The van der Waals surface area contributed by atoms with Crippen molar-refractivity contribution in [3.8, 4) is 0 Å². The fourth-order valence-electron chi connectivity index (χ4n) is 3.15. The molecule has 118 valence electrons. The number of rotatable bonds is 4. The molecule has 0 bridgehead atoms. The molecule has 4 rings (SSSR count). The van der Waals surface area contributed by atoms with Gasteiger partial charge in [-0.3, -0.25) is 9.48 Å². The molecule has 1 amide bonds. The van der Waals surface area contributed by atoms with Gasteiger partial charge in [0, 0.05) is 25.5 Å². The number of carbonyl (C=O) groups excluding carboxylic acids is 1. The molecule has 1 N–H and O–H groups in total. The number of hydrogen-bond donors (Lipinski definition) is 1. The summed E-state index contributed by atoms with van der Waals surface area (Å²) in [6.07, 6.45) is 4.30. The van der Waals surface area contributed by atoms with E-state index in [4.69, 9.17) is 0 Å². The highest BCUT2D eigenvalue weighted by atomic mass is 16.2. The van der Waals surface area contributed by atoms with Gasteiger partial charge in [0.15, 0.2) is 0 Å². The second kappa shape index (κ2) is 5.53. The molecular formula is C17H19N5O. The van der Waals surface area contributed by atoms with Crippen LogP contribution in [-0.4, -0.2) is 43.6 Å². The molecule has 6 heteroatoms. The third kappa shape index (κ3) is 2.40. The number of H-pyrrole nitrogens is 1. The lowest BCUT2D eigenvalue weighted by Gasteiger charge is -2.40. The molecule has 1 saturated heterocycles. The van der Waals surface area contributed by atoms with E-state index in [1.54, 1.807) is 10.9 Å². The third-order valence-electron chi connectivity index (χ3n) is 4.50. The highest BCUT2D eigenvalue weighted by Gasteiger charge is 2.36. The van der Waals surface area contributed by atoms with E-state index >= 15 is 0 Å². The largest absolute Gasteiger partial charge is 0.342 e. The zero-order valence-electron chi connectivity index (χ0n) is 13.0. The number of fused-ring (bicyclic) bond motifs is 1. The molecule has 2 aromatic heterocycles. The van der Waals surface area contributed by atoms with Gasteiger partial charge in [0.1, 0.15) is 11.9 Å². The minimum atomic E-state index is -0.207. The highest BCUT2D eigenvalue weighted by molar-refractivity contribution is 5.81. The average molecular weight is 309 g/mol. The third-order valence-corrected chi connectivity index (χ3v) is 4.50. The highest BCUT2D eigenvalue weighted by Crippen LogP contribution is 2.29. The lowest BCUT2D eigenvalue weighted by molar-refractivity contribution is -0.139. The van der Waals surface area contributed by atoms with Crippen molar-refractivity contribution in [2.24, 2.45) is 0 Å². The maximum absolute atomic E-state index is 12.6. The standard InChI is InChI=1S/C17H19N5O/c1-2-15(22-9-5-8-18-22)17(23)21-10-12(11-21)16-19-13-6-3-4-7-14(13)20-16/h3-9,12,15H,2,10-11H2,1H3,(H,19,20). The Kier molecular flexibility index (Phi) is 3.37. The average Bonchev–Trinajstić information content (AvgIpc) is 3.15. The van der Waals surface area contributed by atoms with Crippen molar-refractivity contribution < 1.29 is 4.79 Å². The van der Waals surface area contributed by atoms with Crippen LogP contribution in [0.25, 0.3) is 11.0 Å². The molecule has 1 atom stereocenters. The van der Waals surface area contributed by atoms with Gasteiger partial charge < -0.3 is 9.88 Å². The fraction of sp³-hybridized carbons (Fsp3) is 0.353. The van der Waals surface area contributed by atoms with E-state index in [0.29, 0.717) is 5.92 Å². The number of aromatic nitrogens is 4. The van der Waals surface area contributed by atoms with E-state index in [2.05, 4.69) is 15.1 Å². The van der Waals surface area contributed by atoms with E-state index in [-0.39, 0.29) is 11.9 Å². The maximum atomic E-state index is 12.6. The lowest BCUT2D eigenvalue weighted by atomic mass is 9.98. The van der Waals surface area contributed by atoms with E-state index in [0.717, 1.165) is 36.4 Å². The quantitative estimate of drug-likeness (QED) is 0.804. The molecule has 3 aromatic rings. The summed E-state index contributed by atoms with van der Waals surface area (Å²) in [6, 6.07) is 9.65. The molecule has 0 saturated carbocycles. The minimum absolute atomic E-state index is 0.142. The first kappa shape index (κ1) is 14.0. The first-order valence-corrected chi connectivity index (χ1v) is 7.99. The molecule has 1 aliphatic heterocycles. The molecule has 1 unspecified atom stereocenters. The molecule has 1 aromatic carbocycles. The van der Waals surface area contributed by atoms with Crippen molar-refractivity contribution in [1.29, 1.82) is 0 Å². The Hall–Kier alpha value is -2.63. The first-order valence-electron chi connectivity index (χ1n) is 7.99. The van der Waals surface area contributed by atoms with Crippen molar-refractivity contribution in [1.82, 2.24) is 24.6 Å². The van der Waals surface area contributed by atoms with Crippen LogP contribution in [0, 0.1) is 0 Å². The zero-order chi connectivity index (χ0) is 15.8. The SMILES string of the molecule is CCC(C(=O)N1CC(c2nc3ccccc3[nH]2)C1)n1cccn1. The molecule has 1 aliphatic rings. The summed E-state index contributed by atoms with van der Waals surface area (Å²) >= 11 is 0. The van der Waals surface area contributed by atoms with Crippen molar-refractivity contribution in [3.05, 3.63) is 48.5 Å². The van der Waals surface area contributed by atoms with Crippen LogP contribution in [0.1, 0.15) is 31.1 Å². The van der Waals surface area contributed by atoms with Crippen LogP contribution >= 0.6 is 0 Å². The Balaban J connectivity index is 1.45. The van der Waals surface area contributed by atoms with Crippen molar-refractivity contribution in [2.45, 2.75) is 25.3 Å². The number of hydrogen-bond acceptors (Lipinski definition) is 3. The number of likely N-dealkylation sites (tertiary alicyclic amines) is 1. The topological polar surface area (TPSA) is 66.8 Å².